The van der Waals surface area contributed by atoms with Crippen LogP contribution in [0.25, 0.3) is 10.8 Å². The summed E-state index contributed by atoms with van der Waals surface area (Å²) in [6.07, 6.45) is 1.96. The van der Waals surface area contributed by atoms with Gasteiger partial charge < -0.3 is 4.42 Å². The van der Waals surface area contributed by atoms with Crippen molar-refractivity contribution in [3.63, 3.8) is 0 Å². The van der Waals surface area contributed by atoms with Gasteiger partial charge in [-0.25, -0.2) is 27.1 Å². The minimum Gasteiger partial charge on any atom is -0.417 e. The van der Waals surface area contributed by atoms with Crippen LogP contribution in [0, 0.1) is 0 Å². The van der Waals surface area contributed by atoms with Gasteiger partial charge in [0.25, 0.3) is 11.8 Å². The molecule has 0 spiro atoms. The Hall–Kier alpha value is -2.11. The number of rotatable bonds is 8. The molecule has 0 aliphatic carbocycles. The van der Waals surface area contributed by atoms with Crippen LogP contribution in [-0.4, -0.2) is 34.3 Å². The Morgan fingerprint density at radius 2 is 2.07 bits per heavy atom. The van der Waals surface area contributed by atoms with Gasteiger partial charge in [-0.05, 0) is 25.5 Å². The molecule has 0 aromatic carbocycles. The van der Waals surface area contributed by atoms with Gasteiger partial charge in [0, 0.05) is 6.20 Å². The predicted octanol–water partition coefficient (Wildman–Crippen LogP) is 4.02. The molecular formula is C16H17ClFN5O3S2. The maximum absolute atomic E-state index is 13.3. The van der Waals surface area contributed by atoms with E-state index in [1.807, 2.05) is 0 Å². The van der Waals surface area contributed by atoms with E-state index in [4.69, 9.17) is 16.0 Å². The summed E-state index contributed by atoms with van der Waals surface area (Å²) in [7, 11) is -3.61. The van der Waals surface area contributed by atoms with Crippen LogP contribution in [0.1, 0.15) is 37.3 Å². The number of sulfonamides is 1. The van der Waals surface area contributed by atoms with Crippen LogP contribution in [0.4, 0.5) is 10.2 Å². The van der Waals surface area contributed by atoms with Crippen molar-refractivity contribution in [2.24, 2.45) is 0 Å². The smallest absolute Gasteiger partial charge is 0.259 e. The van der Waals surface area contributed by atoms with Gasteiger partial charge in [-0.3, -0.25) is 0 Å². The predicted molar refractivity (Wildman–Crippen MR) is 104 cm³/mol. The minimum absolute atomic E-state index is 0.0118. The van der Waals surface area contributed by atoms with E-state index in [0.29, 0.717) is 21.3 Å². The van der Waals surface area contributed by atoms with E-state index in [-0.39, 0.29) is 29.9 Å². The second-order valence-electron chi connectivity index (χ2n) is 5.84. The highest BCUT2D eigenvalue weighted by Gasteiger charge is 2.25. The van der Waals surface area contributed by atoms with Gasteiger partial charge in [0.2, 0.25) is 10.0 Å². The first kappa shape index (κ1) is 20.6. The molecule has 1 atom stereocenters. The number of pyridine rings is 1. The third-order valence-corrected chi connectivity index (χ3v) is 6.69. The Bertz CT molecular complexity index is 1040. The fraction of sp³-hybridized carbons (Fsp3) is 0.375. The Morgan fingerprint density at radius 1 is 1.29 bits per heavy atom. The van der Waals surface area contributed by atoms with Gasteiger partial charge in [-0.15, -0.1) is 21.5 Å². The van der Waals surface area contributed by atoms with E-state index in [0.717, 1.165) is 0 Å². The average molecular weight is 446 g/mol. The zero-order valence-corrected chi connectivity index (χ0v) is 17.4. The van der Waals surface area contributed by atoms with E-state index < -0.39 is 16.2 Å². The van der Waals surface area contributed by atoms with E-state index in [2.05, 4.69) is 20.2 Å². The molecule has 0 N–H and O–H groups in total. The van der Waals surface area contributed by atoms with E-state index in [1.54, 1.807) is 13.0 Å². The lowest BCUT2D eigenvalue weighted by Crippen LogP contribution is -2.33. The molecule has 0 amide bonds. The van der Waals surface area contributed by atoms with Crippen LogP contribution in [0.5, 0.6) is 0 Å². The van der Waals surface area contributed by atoms with Crippen molar-refractivity contribution in [1.82, 2.24) is 20.2 Å². The lowest BCUT2D eigenvalue weighted by molar-refractivity contribution is 0.301. The lowest BCUT2D eigenvalue weighted by Gasteiger charge is -2.22. The van der Waals surface area contributed by atoms with Gasteiger partial charge >= 0.3 is 0 Å². The number of hydrogen-bond acceptors (Lipinski definition) is 8. The molecule has 0 saturated carbocycles. The van der Waals surface area contributed by atoms with Gasteiger partial charge in [0.15, 0.2) is 6.17 Å². The van der Waals surface area contributed by atoms with Gasteiger partial charge in [-0.2, -0.15) is 0 Å². The number of halogens is 2. The molecule has 1 unspecified atom stereocenters. The molecule has 8 nitrogen and oxygen atoms in total. The van der Waals surface area contributed by atoms with Crippen molar-refractivity contribution in [3.8, 4) is 10.8 Å². The summed E-state index contributed by atoms with van der Waals surface area (Å²) in [5.74, 6) is 0.232. The highest BCUT2D eigenvalue weighted by atomic mass is 35.5. The van der Waals surface area contributed by atoms with E-state index in [9.17, 15) is 12.8 Å². The number of anilines is 1. The second-order valence-corrected chi connectivity index (χ2v) is 9.40. The van der Waals surface area contributed by atoms with Crippen molar-refractivity contribution in [3.05, 3.63) is 40.4 Å². The first-order chi connectivity index (χ1) is 13.3. The van der Waals surface area contributed by atoms with Gasteiger partial charge in [-0.1, -0.05) is 18.5 Å². The van der Waals surface area contributed by atoms with Crippen molar-refractivity contribution < 1.29 is 17.2 Å². The van der Waals surface area contributed by atoms with Crippen LogP contribution in [0.2, 0.25) is 5.02 Å². The molecule has 3 aromatic heterocycles. The molecule has 0 bridgehead atoms. The highest BCUT2D eigenvalue weighted by molar-refractivity contribution is 7.92. The first-order valence-corrected chi connectivity index (χ1v) is 11.1. The maximum Gasteiger partial charge on any atom is 0.259 e. The summed E-state index contributed by atoms with van der Waals surface area (Å²) >= 11 is 7.04. The van der Waals surface area contributed by atoms with Crippen LogP contribution < -0.4 is 4.31 Å². The topological polar surface area (TPSA) is 102 Å². The van der Waals surface area contributed by atoms with Crippen molar-refractivity contribution in [2.45, 2.75) is 33.0 Å². The van der Waals surface area contributed by atoms with Gasteiger partial charge in [0.1, 0.15) is 15.7 Å². The maximum atomic E-state index is 13.3. The van der Waals surface area contributed by atoms with Crippen LogP contribution in [-0.2, 0) is 16.6 Å². The molecule has 3 rings (SSSR count). The Labute approximate surface area is 170 Å². The Morgan fingerprint density at radius 3 is 2.68 bits per heavy atom. The molecule has 0 aliphatic rings. The largest absolute Gasteiger partial charge is 0.417 e. The zero-order valence-electron chi connectivity index (χ0n) is 15.0. The summed E-state index contributed by atoms with van der Waals surface area (Å²) in [5.41, 5.74) is 0. The fourth-order valence-corrected chi connectivity index (χ4v) is 4.78. The molecule has 150 valence electrons. The third-order valence-electron chi connectivity index (χ3n) is 3.59. The molecule has 28 heavy (non-hydrogen) atoms. The lowest BCUT2D eigenvalue weighted by atomic mass is 10.4. The highest BCUT2D eigenvalue weighted by Crippen LogP contribution is 2.29. The third kappa shape index (κ3) is 4.65. The van der Waals surface area contributed by atoms with Crippen molar-refractivity contribution in [1.29, 1.82) is 0 Å². The minimum atomic E-state index is -3.61. The summed E-state index contributed by atoms with van der Waals surface area (Å²) in [4.78, 5) is 8.88. The summed E-state index contributed by atoms with van der Waals surface area (Å²) in [6.45, 7) is 3.07. The molecule has 3 aromatic rings. The van der Waals surface area contributed by atoms with Crippen molar-refractivity contribution >= 4 is 38.8 Å². The van der Waals surface area contributed by atoms with E-state index in [1.165, 1.54) is 41.0 Å². The number of aromatic nitrogens is 4. The van der Waals surface area contributed by atoms with E-state index >= 15 is 0 Å². The standard InChI is InChI=1S/C16H17ClFN5O3S2/c1-3-6-28(24,25)23(13-5-4-11(17)7-19-13)9-14-20-8-12(27-14)16-22-21-15(26-16)10(2)18/h4-5,7-8,10H,3,6,9H2,1-2H3. The zero-order chi connectivity index (χ0) is 20.3. The molecule has 12 heteroatoms. The Kier molecular flexibility index (Phi) is 6.26. The Balaban J connectivity index is 1.88. The second kappa shape index (κ2) is 8.50. The normalized spacial score (nSPS) is 12.9. The molecule has 0 fully saturated rings. The summed E-state index contributed by atoms with van der Waals surface area (Å²) in [6, 6.07) is 3.11. The fourth-order valence-electron chi connectivity index (χ4n) is 2.31. The van der Waals surface area contributed by atoms with Crippen LogP contribution >= 0.6 is 22.9 Å². The van der Waals surface area contributed by atoms with Gasteiger partial charge in [0.05, 0.1) is 23.5 Å². The average Bonchev–Trinajstić information content (AvgIpc) is 3.30. The number of nitrogens with zero attached hydrogens (tertiary/aromatic N) is 5. The molecule has 3 heterocycles. The molecule has 0 saturated heterocycles. The molecular weight excluding hydrogens is 429 g/mol. The summed E-state index contributed by atoms with van der Waals surface area (Å²) in [5, 5.41) is 8.35. The number of alkyl halides is 1. The number of hydrogen-bond donors (Lipinski definition) is 0. The molecule has 0 radical (unpaired) electrons. The SMILES string of the molecule is CCCS(=O)(=O)N(Cc1ncc(-c2nnc(C(C)F)o2)s1)c1ccc(Cl)cn1. The monoisotopic (exact) mass is 445 g/mol. The van der Waals surface area contributed by atoms with Crippen molar-refractivity contribution in [2.75, 3.05) is 10.1 Å². The molecule has 0 aliphatic heterocycles. The quantitative estimate of drug-likeness (QED) is 0.515. The number of thiazole rings is 1. The van der Waals surface area contributed by atoms with Crippen LogP contribution in [0.15, 0.2) is 28.9 Å². The first-order valence-electron chi connectivity index (χ1n) is 8.34. The summed E-state index contributed by atoms with van der Waals surface area (Å²) < 4.78 is 45.2. The van der Waals surface area contributed by atoms with Crippen LogP contribution in [0.3, 0.4) is 0 Å².